The Morgan fingerprint density at radius 1 is 0.441 bits per heavy atom. The molecular formula is C70H73Br5CuN5NaO11. The van der Waals surface area contributed by atoms with Gasteiger partial charge in [-0.05, 0) is 150 Å². The Hall–Kier alpha value is -6.27. The molecule has 0 spiro atoms. The third kappa shape index (κ3) is 20.6. The number of rotatable bonds is 13. The normalized spacial score (nSPS) is 10.1. The number of aromatic carboxylic acids is 2. The van der Waals surface area contributed by atoms with Crippen LogP contribution in [0.2, 0.25) is 0 Å². The Morgan fingerprint density at radius 2 is 0.763 bits per heavy atom. The van der Waals surface area contributed by atoms with Gasteiger partial charge < -0.3 is 53.6 Å². The molecule has 0 bridgehead atoms. The molecule has 491 valence electrons. The van der Waals surface area contributed by atoms with Crippen LogP contribution in [0.5, 0.6) is 0 Å². The fourth-order valence-corrected chi connectivity index (χ4v) is 12.6. The molecule has 5 aromatic carbocycles. The molecule has 10 aromatic rings. The van der Waals surface area contributed by atoms with E-state index in [0.29, 0.717) is 52.1 Å². The van der Waals surface area contributed by atoms with Gasteiger partial charge in [-0.2, -0.15) is 0 Å². The SMILES string of the molecule is CCOC(=O)c1c(Br)c(-c2ccccc2)n(C)c1C.CCOC(=O)c1c(C)[nH]c(-c2ccccc2)c1Br.CCOC(=O)c1cc(-c2ccccc2)[nH]c1C.Cc1c(C(=O)O)c(Br)c(-c2ccccc2)n1C.Cc1c(C(=O)O)c(C)n(C)c1-c1ccccc1.[Br][Cu][Br].[Na+].[OH-]. The Balaban J connectivity index is 0.000000298. The third-order valence-electron chi connectivity index (χ3n) is 14.5. The van der Waals surface area contributed by atoms with Gasteiger partial charge >= 0.3 is 99.0 Å². The number of hydrogen-bond donors (Lipinski definition) is 4. The average Bonchev–Trinajstić information content (AvgIpc) is 1.66. The van der Waals surface area contributed by atoms with E-state index in [4.69, 9.17) is 14.2 Å². The number of carbonyl (C=O) groups excluding carboxylic acids is 3. The fourth-order valence-electron chi connectivity index (χ4n) is 9.94. The van der Waals surface area contributed by atoms with E-state index in [1.165, 1.54) is 11.3 Å². The van der Waals surface area contributed by atoms with E-state index in [9.17, 15) is 34.2 Å². The predicted molar refractivity (Wildman–Crippen MR) is 378 cm³/mol. The van der Waals surface area contributed by atoms with Crippen LogP contribution in [0.25, 0.3) is 56.3 Å². The molecule has 0 saturated heterocycles. The van der Waals surface area contributed by atoms with Crippen molar-refractivity contribution in [1.29, 1.82) is 0 Å². The monoisotopic (exact) mass is 1640 g/mol. The zero-order valence-corrected chi connectivity index (χ0v) is 64.6. The predicted octanol–water partition coefficient (Wildman–Crippen LogP) is 16.0. The van der Waals surface area contributed by atoms with Gasteiger partial charge in [0.05, 0.1) is 83.8 Å². The first kappa shape index (κ1) is 81.0. The summed E-state index contributed by atoms with van der Waals surface area (Å²) < 4.78 is 23.2. The average molecular weight is 1650 g/mol. The van der Waals surface area contributed by atoms with E-state index in [1.54, 1.807) is 20.8 Å². The number of aromatic nitrogens is 5. The minimum atomic E-state index is -0.910. The van der Waals surface area contributed by atoms with Crippen molar-refractivity contribution in [2.75, 3.05) is 19.8 Å². The third-order valence-corrected chi connectivity index (χ3v) is 16.8. The zero-order chi connectivity index (χ0) is 67.2. The molecule has 0 fully saturated rings. The maximum Gasteiger partial charge on any atom is 1.00 e. The van der Waals surface area contributed by atoms with Gasteiger partial charge in [-0.3, -0.25) is 0 Å². The number of carboxylic acid groups (broad SMARTS) is 2. The van der Waals surface area contributed by atoms with Crippen LogP contribution in [-0.2, 0) is 46.7 Å². The number of hydrogen-bond acceptors (Lipinski definition) is 9. The number of nitrogens with one attached hydrogen (secondary N) is 2. The minimum Gasteiger partial charge on any atom is -0.870 e. The minimum absolute atomic E-state index is 0. The molecule has 0 aliphatic rings. The van der Waals surface area contributed by atoms with Crippen molar-refractivity contribution in [2.45, 2.75) is 62.3 Å². The van der Waals surface area contributed by atoms with Crippen LogP contribution < -0.4 is 29.6 Å². The molecule has 5 aromatic heterocycles. The van der Waals surface area contributed by atoms with Crippen molar-refractivity contribution in [3.8, 4) is 56.3 Å². The van der Waals surface area contributed by atoms with Gasteiger partial charge in [-0.25, -0.2) is 24.0 Å². The molecule has 5 N–H and O–H groups in total. The largest absolute Gasteiger partial charge is 1.00 e. The van der Waals surface area contributed by atoms with Crippen LogP contribution in [-0.4, -0.2) is 89.0 Å². The van der Waals surface area contributed by atoms with Gasteiger partial charge in [-0.15, -0.1) is 0 Å². The summed E-state index contributed by atoms with van der Waals surface area (Å²) >= 11 is 17.8. The van der Waals surface area contributed by atoms with Gasteiger partial charge in [0.25, 0.3) is 0 Å². The Kier molecular flexibility index (Phi) is 34.4. The van der Waals surface area contributed by atoms with Crippen molar-refractivity contribution in [3.05, 3.63) is 233 Å². The number of benzene rings is 5. The van der Waals surface area contributed by atoms with Gasteiger partial charge in [0.2, 0.25) is 0 Å². The van der Waals surface area contributed by atoms with E-state index in [-0.39, 0.29) is 52.9 Å². The van der Waals surface area contributed by atoms with E-state index in [0.717, 1.165) is 99.3 Å². The summed E-state index contributed by atoms with van der Waals surface area (Å²) in [6, 6.07) is 51.2. The molecule has 0 saturated carbocycles. The standard InChI is InChI=1S/C15H16BrNO2.C14H14BrNO2.2C14H15NO2.C13H12BrNO2.2BrH.Cu.Na.H2O/c1-4-19-15(18)12-10(2)17(3)14(13(12)16)11-8-6-5-7-9-11;1-3-18-14(17)11-9(2)16-13(12(11)15)10-7-5-4-6-8-10;1-9-12(14(16)17)10(2)15(3)13(9)11-7-5-4-6-8-11;1-3-17-14(16)12-9-13(15-10(12)2)11-7-5-4-6-8-11;1-8-10(13(16)17)11(14)12(15(8)2)9-6-4-3-5-7-9;;;;;/h5-9H,4H2,1-3H3;4-8,16H,3H2,1-2H3;4-8H,1-3H3,(H,16,17);4-9,15H,3H2,1-2H3;3-7H,1-2H3,(H,16,17);2*1H;;;1H2/q;;;;;;;+2;+1;/p-3. The van der Waals surface area contributed by atoms with E-state index >= 15 is 0 Å². The number of nitrogens with zero attached hydrogens (tertiary/aromatic N) is 3. The molecule has 16 nitrogen and oxygen atoms in total. The molecule has 0 aliphatic carbocycles. The second-order valence-electron chi connectivity index (χ2n) is 20.0. The molecular weight excluding hydrogens is 1570 g/mol. The van der Waals surface area contributed by atoms with E-state index in [1.807, 2.05) is 234 Å². The number of H-pyrrole nitrogens is 2. The molecule has 0 radical (unpaired) electrons. The summed E-state index contributed by atoms with van der Waals surface area (Å²) in [6.07, 6.45) is 0. The summed E-state index contributed by atoms with van der Waals surface area (Å²) in [7, 11) is 5.72. The molecule has 5 heterocycles. The maximum atomic E-state index is 12.0. The van der Waals surface area contributed by atoms with Crippen molar-refractivity contribution in [2.24, 2.45) is 21.1 Å². The summed E-state index contributed by atoms with van der Waals surface area (Å²) in [5, 5.41) is 18.4. The van der Waals surface area contributed by atoms with Gasteiger partial charge in [0.15, 0.2) is 0 Å². The van der Waals surface area contributed by atoms with E-state index in [2.05, 4.69) is 86.0 Å². The number of carboxylic acids is 2. The van der Waals surface area contributed by atoms with Crippen LogP contribution in [0.1, 0.15) is 107 Å². The number of esters is 3. The molecule has 93 heavy (non-hydrogen) atoms. The molecule has 23 heteroatoms. The van der Waals surface area contributed by atoms with Crippen LogP contribution in [0.3, 0.4) is 0 Å². The summed E-state index contributed by atoms with van der Waals surface area (Å²) in [4.78, 5) is 64.4. The fraction of sp³-hybridized carbons (Fsp3) is 0.214. The number of ether oxygens (including phenoxy) is 3. The Labute approximate surface area is 610 Å². The number of aryl methyl sites for hydroxylation is 2. The van der Waals surface area contributed by atoms with Crippen LogP contribution in [0, 0.1) is 41.5 Å². The van der Waals surface area contributed by atoms with Crippen molar-refractivity contribution in [1.82, 2.24) is 23.7 Å². The van der Waals surface area contributed by atoms with Crippen molar-refractivity contribution >= 4 is 106 Å². The number of carbonyl (C=O) groups is 5. The molecule has 0 unspecified atom stereocenters. The zero-order valence-electron chi connectivity index (χ0n) is 53.8. The summed E-state index contributed by atoms with van der Waals surface area (Å²) in [5.41, 5.74) is 17.3. The summed E-state index contributed by atoms with van der Waals surface area (Å²) in [5.74, 6) is -2.64. The van der Waals surface area contributed by atoms with Gasteiger partial charge in [-0.1, -0.05) is 152 Å². The first-order valence-electron chi connectivity index (χ1n) is 28.4. The van der Waals surface area contributed by atoms with Gasteiger partial charge in [0, 0.05) is 55.3 Å². The second-order valence-corrected chi connectivity index (χ2v) is 27.2. The molecule has 10 rings (SSSR count). The topological polar surface area (TPSA) is 230 Å². The Morgan fingerprint density at radius 3 is 1.14 bits per heavy atom. The molecule has 0 atom stereocenters. The quantitative estimate of drug-likeness (QED) is 0.0482. The second kappa shape index (κ2) is 39.6. The van der Waals surface area contributed by atoms with Gasteiger partial charge in [0.1, 0.15) is 0 Å². The smallest absolute Gasteiger partial charge is 0.870 e. The summed E-state index contributed by atoms with van der Waals surface area (Å²) in [6.45, 7) is 17.7. The van der Waals surface area contributed by atoms with Crippen molar-refractivity contribution < 1.29 is 94.8 Å². The maximum absolute atomic E-state index is 12.0. The molecule has 0 aliphatic heterocycles. The first-order chi connectivity index (χ1) is 43.4. The van der Waals surface area contributed by atoms with Crippen molar-refractivity contribution in [3.63, 3.8) is 0 Å². The molecule has 0 amide bonds. The van der Waals surface area contributed by atoms with Crippen LogP contribution in [0.4, 0.5) is 0 Å². The van der Waals surface area contributed by atoms with E-state index < -0.39 is 11.9 Å². The number of halogens is 5. The number of aromatic amines is 2. The Bertz CT molecular complexity index is 3970. The van der Waals surface area contributed by atoms with Crippen LogP contribution >= 0.6 is 76.0 Å². The first-order valence-corrected chi connectivity index (χ1v) is 35.5. The van der Waals surface area contributed by atoms with Crippen LogP contribution in [0.15, 0.2) is 171 Å².